The molecule has 0 aliphatic carbocycles. The molecule has 0 spiro atoms. The van der Waals surface area contributed by atoms with Gasteiger partial charge in [0.25, 0.3) is 0 Å². The summed E-state index contributed by atoms with van der Waals surface area (Å²) in [6.45, 7) is 3.01. The van der Waals surface area contributed by atoms with Crippen molar-refractivity contribution in [3.63, 3.8) is 0 Å². The van der Waals surface area contributed by atoms with Gasteiger partial charge in [-0.15, -0.1) is 0 Å². The fourth-order valence-electron chi connectivity index (χ4n) is 2.58. The molecule has 0 saturated carbocycles. The Hall–Kier alpha value is -0.970. The van der Waals surface area contributed by atoms with Crippen LogP contribution in [0, 0.1) is 6.92 Å². The first kappa shape index (κ1) is 13.5. The zero-order valence-electron chi connectivity index (χ0n) is 11.1. The molecule has 1 aliphatic heterocycles. The maximum Gasteiger partial charge on any atom is 0.0634 e. The Balaban J connectivity index is 1.83. The van der Waals surface area contributed by atoms with E-state index in [0.29, 0.717) is 6.10 Å². The minimum absolute atomic E-state index is 0.146. The summed E-state index contributed by atoms with van der Waals surface area (Å²) in [5.74, 6) is 5.65. The van der Waals surface area contributed by atoms with Gasteiger partial charge in [-0.3, -0.25) is 16.3 Å². The average molecular weight is 249 g/mol. The van der Waals surface area contributed by atoms with E-state index in [-0.39, 0.29) is 6.04 Å². The van der Waals surface area contributed by atoms with Gasteiger partial charge in [-0.2, -0.15) is 0 Å². The summed E-state index contributed by atoms with van der Waals surface area (Å²) in [5.41, 5.74) is 5.14. The van der Waals surface area contributed by atoms with Crippen molar-refractivity contribution >= 4 is 0 Å². The fraction of sp³-hybridized carbons (Fsp3) is 0.643. The van der Waals surface area contributed by atoms with Gasteiger partial charge in [0, 0.05) is 12.8 Å². The van der Waals surface area contributed by atoms with E-state index in [2.05, 4.69) is 23.4 Å². The lowest BCUT2D eigenvalue weighted by atomic mass is 10.0. The molecular formula is C14H23N3O. The summed E-state index contributed by atoms with van der Waals surface area (Å²) >= 11 is 0. The van der Waals surface area contributed by atoms with Crippen molar-refractivity contribution in [1.82, 2.24) is 10.4 Å². The summed E-state index contributed by atoms with van der Waals surface area (Å²) < 4.78 is 5.63. The molecule has 1 saturated heterocycles. The summed E-state index contributed by atoms with van der Waals surface area (Å²) in [7, 11) is 0. The van der Waals surface area contributed by atoms with E-state index in [9.17, 15) is 0 Å². The normalized spacial score (nSPS) is 21.1. The van der Waals surface area contributed by atoms with E-state index in [1.807, 2.05) is 12.3 Å². The van der Waals surface area contributed by atoms with Crippen LogP contribution in [0.25, 0.3) is 0 Å². The lowest BCUT2D eigenvalue weighted by Gasteiger charge is -2.18. The molecule has 2 heterocycles. The Bertz CT molecular complexity index is 364. The second-order valence-corrected chi connectivity index (χ2v) is 4.99. The van der Waals surface area contributed by atoms with Crippen LogP contribution in [-0.4, -0.2) is 17.7 Å². The van der Waals surface area contributed by atoms with Crippen LogP contribution in [0.2, 0.25) is 0 Å². The van der Waals surface area contributed by atoms with Crippen LogP contribution < -0.4 is 11.3 Å². The molecule has 2 rings (SSSR count). The van der Waals surface area contributed by atoms with Crippen molar-refractivity contribution in [3.8, 4) is 0 Å². The number of aromatic nitrogens is 1. The zero-order valence-corrected chi connectivity index (χ0v) is 11.1. The van der Waals surface area contributed by atoms with Gasteiger partial charge in [0.2, 0.25) is 0 Å². The Morgan fingerprint density at radius 2 is 2.50 bits per heavy atom. The van der Waals surface area contributed by atoms with Gasteiger partial charge >= 0.3 is 0 Å². The largest absolute Gasteiger partial charge is 0.378 e. The van der Waals surface area contributed by atoms with Crippen LogP contribution in [-0.2, 0) is 4.74 Å². The molecule has 1 fully saturated rings. The van der Waals surface area contributed by atoms with E-state index < -0.39 is 0 Å². The van der Waals surface area contributed by atoms with Crippen molar-refractivity contribution in [1.29, 1.82) is 0 Å². The first-order chi connectivity index (χ1) is 8.81. The van der Waals surface area contributed by atoms with E-state index in [0.717, 1.165) is 31.6 Å². The highest BCUT2D eigenvalue weighted by Gasteiger charge is 2.17. The first-order valence-electron chi connectivity index (χ1n) is 6.80. The molecular weight excluding hydrogens is 226 g/mol. The molecule has 0 amide bonds. The van der Waals surface area contributed by atoms with E-state index in [1.54, 1.807) is 0 Å². The molecule has 100 valence electrons. The third-order valence-electron chi connectivity index (χ3n) is 3.62. The lowest BCUT2D eigenvalue weighted by molar-refractivity contribution is 0.101. The molecule has 0 bridgehead atoms. The van der Waals surface area contributed by atoms with Crippen molar-refractivity contribution in [2.45, 2.75) is 51.2 Å². The molecule has 18 heavy (non-hydrogen) atoms. The third-order valence-corrected chi connectivity index (χ3v) is 3.62. The van der Waals surface area contributed by atoms with Gasteiger partial charge in [-0.05, 0) is 50.7 Å². The summed E-state index contributed by atoms with van der Waals surface area (Å²) in [6, 6.07) is 4.18. The summed E-state index contributed by atoms with van der Waals surface area (Å²) in [4.78, 5) is 4.43. The second kappa shape index (κ2) is 6.83. The average Bonchev–Trinajstić information content (AvgIpc) is 2.89. The third kappa shape index (κ3) is 3.51. The first-order valence-corrected chi connectivity index (χ1v) is 6.80. The highest BCUT2D eigenvalue weighted by molar-refractivity contribution is 5.20. The van der Waals surface area contributed by atoms with Crippen LogP contribution in [0.3, 0.4) is 0 Å². The maximum absolute atomic E-state index is 5.65. The predicted octanol–water partition coefficient (Wildman–Crippen LogP) is 2.24. The van der Waals surface area contributed by atoms with Crippen LogP contribution in [0.1, 0.15) is 49.4 Å². The molecule has 1 aromatic heterocycles. The van der Waals surface area contributed by atoms with Gasteiger partial charge in [-0.25, -0.2) is 0 Å². The minimum atomic E-state index is 0.146. The molecule has 0 aromatic carbocycles. The Morgan fingerprint density at radius 3 is 3.17 bits per heavy atom. The molecule has 2 atom stereocenters. The number of ether oxygens (including phenoxy) is 1. The van der Waals surface area contributed by atoms with Crippen LogP contribution >= 0.6 is 0 Å². The Morgan fingerprint density at radius 1 is 1.61 bits per heavy atom. The molecule has 2 unspecified atom stereocenters. The molecule has 0 radical (unpaired) electrons. The van der Waals surface area contributed by atoms with Gasteiger partial charge in [-0.1, -0.05) is 6.07 Å². The number of nitrogens with two attached hydrogens (primary N) is 1. The number of nitrogens with zero attached hydrogens (tertiary/aromatic N) is 1. The van der Waals surface area contributed by atoms with Crippen molar-refractivity contribution in [2.24, 2.45) is 5.84 Å². The lowest BCUT2D eigenvalue weighted by Crippen LogP contribution is -2.29. The van der Waals surface area contributed by atoms with Gasteiger partial charge in [0.1, 0.15) is 0 Å². The highest BCUT2D eigenvalue weighted by atomic mass is 16.5. The molecule has 1 aromatic rings. The quantitative estimate of drug-likeness (QED) is 0.599. The van der Waals surface area contributed by atoms with Gasteiger partial charge in [0.05, 0.1) is 17.8 Å². The number of hydrogen-bond acceptors (Lipinski definition) is 4. The number of rotatable bonds is 6. The minimum Gasteiger partial charge on any atom is -0.378 e. The van der Waals surface area contributed by atoms with Crippen molar-refractivity contribution in [2.75, 3.05) is 6.61 Å². The highest BCUT2D eigenvalue weighted by Crippen LogP contribution is 2.23. The van der Waals surface area contributed by atoms with E-state index >= 15 is 0 Å². The number of hydrogen-bond donors (Lipinski definition) is 2. The molecule has 1 aliphatic rings. The van der Waals surface area contributed by atoms with Crippen molar-refractivity contribution in [3.05, 3.63) is 29.6 Å². The smallest absolute Gasteiger partial charge is 0.0634 e. The van der Waals surface area contributed by atoms with Gasteiger partial charge in [0.15, 0.2) is 0 Å². The van der Waals surface area contributed by atoms with Gasteiger partial charge < -0.3 is 4.74 Å². The number of hydrazine groups is 1. The van der Waals surface area contributed by atoms with Crippen LogP contribution in [0.15, 0.2) is 18.3 Å². The molecule has 3 N–H and O–H groups in total. The molecule has 4 heteroatoms. The SMILES string of the molecule is Cc1cccnc1C(CCCC1CCCO1)NN. The maximum atomic E-state index is 5.65. The standard InChI is InChI=1S/C14H23N3O/c1-11-5-3-9-16-14(11)13(17-15)8-2-6-12-7-4-10-18-12/h3,5,9,12-13,17H,2,4,6-8,10,15H2,1H3. The number of pyridine rings is 1. The molecule has 4 nitrogen and oxygen atoms in total. The fourth-order valence-corrected chi connectivity index (χ4v) is 2.58. The zero-order chi connectivity index (χ0) is 12.8. The van der Waals surface area contributed by atoms with E-state index in [1.165, 1.54) is 18.4 Å². The Labute approximate surface area is 109 Å². The second-order valence-electron chi connectivity index (χ2n) is 4.99. The van der Waals surface area contributed by atoms with Crippen LogP contribution in [0.4, 0.5) is 0 Å². The van der Waals surface area contributed by atoms with Crippen molar-refractivity contribution < 1.29 is 4.74 Å². The van der Waals surface area contributed by atoms with Crippen LogP contribution in [0.5, 0.6) is 0 Å². The Kier molecular flexibility index (Phi) is 5.11. The predicted molar refractivity (Wildman–Crippen MR) is 71.9 cm³/mol. The van der Waals surface area contributed by atoms with E-state index in [4.69, 9.17) is 10.6 Å². The summed E-state index contributed by atoms with van der Waals surface area (Å²) in [6.07, 6.45) is 7.97. The number of nitrogens with one attached hydrogen (secondary N) is 1. The topological polar surface area (TPSA) is 60.2 Å². The monoisotopic (exact) mass is 249 g/mol. The summed E-state index contributed by atoms with van der Waals surface area (Å²) in [5, 5.41) is 0. The number of aryl methyl sites for hydroxylation is 1.